The van der Waals surface area contributed by atoms with Crippen LogP contribution >= 0.6 is 23.4 Å². The van der Waals surface area contributed by atoms with E-state index in [1.54, 1.807) is 11.8 Å². The van der Waals surface area contributed by atoms with Crippen LogP contribution in [-0.2, 0) is 9.53 Å². The van der Waals surface area contributed by atoms with Crippen LogP contribution in [0.3, 0.4) is 0 Å². The number of ether oxygens (including phenoxy) is 1. The fourth-order valence-electron chi connectivity index (χ4n) is 1.72. The molecule has 3 nitrogen and oxygen atoms in total. The molecule has 1 fully saturated rings. The number of hydrogen-bond acceptors (Lipinski definition) is 4. The van der Waals surface area contributed by atoms with Crippen LogP contribution in [0.15, 0.2) is 24.3 Å². The minimum atomic E-state index is -0.235. The minimum absolute atomic E-state index is 0.0677. The maximum atomic E-state index is 11.6. The first-order valence-corrected chi connectivity index (χ1v) is 6.93. The van der Waals surface area contributed by atoms with Crippen LogP contribution < -0.4 is 5.32 Å². The van der Waals surface area contributed by atoms with Crippen molar-refractivity contribution in [1.82, 2.24) is 5.32 Å². The number of carbonyl (C=O) groups excluding carboxylic acids is 1. The molecule has 92 valence electrons. The summed E-state index contributed by atoms with van der Waals surface area (Å²) in [5, 5.41) is 4.03. The van der Waals surface area contributed by atoms with Crippen LogP contribution in [-0.4, -0.2) is 24.4 Å². The smallest absolute Gasteiger partial charge is 0.324 e. The summed E-state index contributed by atoms with van der Waals surface area (Å²) >= 11 is 7.80. The summed E-state index contributed by atoms with van der Waals surface area (Å²) in [6.07, 6.45) is 0. The van der Waals surface area contributed by atoms with Gasteiger partial charge in [-0.1, -0.05) is 29.8 Å². The first kappa shape index (κ1) is 12.7. The van der Waals surface area contributed by atoms with E-state index in [-0.39, 0.29) is 17.4 Å². The zero-order valence-electron chi connectivity index (χ0n) is 9.48. The van der Waals surface area contributed by atoms with Crippen molar-refractivity contribution in [1.29, 1.82) is 0 Å². The molecular weight excluding hydrogens is 258 g/mol. The highest BCUT2D eigenvalue weighted by Crippen LogP contribution is 2.36. The predicted octanol–water partition coefficient (Wildman–Crippen LogP) is 2.61. The Hall–Kier alpha value is -0.710. The van der Waals surface area contributed by atoms with Crippen LogP contribution in [0.2, 0.25) is 5.02 Å². The van der Waals surface area contributed by atoms with Crippen molar-refractivity contribution < 1.29 is 9.53 Å². The van der Waals surface area contributed by atoms with Gasteiger partial charge in [0.1, 0.15) is 6.04 Å². The lowest BCUT2D eigenvalue weighted by Crippen LogP contribution is -2.35. The van der Waals surface area contributed by atoms with Gasteiger partial charge in [0.25, 0.3) is 0 Å². The molecule has 5 heteroatoms. The second kappa shape index (κ2) is 5.76. The second-order valence-electron chi connectivity index (χ2n) is 3.71. The van der Waals surface area contributed by atoms with E-state index in [4.69, 9.17) is 16.3 Å². The lowest BCUT2D eigenvalue weighted by Gasteiger charge is -2.13. The van der Waals surface area contributed by atoms with Crippen LogP contribution in [0.1, 0.15) is 17.9 Å². The summed E-state index contributed by atoms with van der Waals surface area (Å²) in [7, 11) is 0. The van der Waals surface area contributed by atoms with Gasteiger partial charge in [0, 0.05) is 10.8 Å². The Morgan fingerprint density at radius 2 is 2.35 bits per heavy atom. The molecule has 0 amide bonds. The number of nitrogens with one attached hydrogen (secondary N) is 1. The van der Waals surface area contributed by atoms with Gasteiger partial charge in [-0.25, -0.2) is 0 Å². The maximum absolute atomic E-state index is 11.6. The molecule has 2 rings (SSSR count). The van der Waals surface area contributed by atoms with Gasteiger partial charge in [0.2, 0.25) is 0 Å². The van der Waals surface area contributed by atoms with Gasteiger partial charge < -0.3 is 4.74 Å². The number of hydrogen-bond donors (Lipinski definition) is 1. The Balaban J connectivity index is 2.03. The zero-order chi connectivity index (χ0) is 12.3. The Kier molecular flexibility index (Phi) is 4.31. The normalized spacial score (nSPS) is 23.6. The molecule has 1 aliphatic heterocycles. The van der Waals surface area contributed by atoms with Crippen molar-refractivity contribution >= 4 is 29.3 Å². The van der Waals surface area contributed by atoms with Gasteiger partial charge >= 0.3 is 5.97 Å². The summed E-state index contributed by atoms with van der Waals surface area (Å²) in [5.74, 6) is 0.531. The zero-order valence-corrected chi connectivity index (χ0v) is 11.1. The van der Waals surface area contributed by atoms with Crippen molar-refractivity contribution in [2.24, 2.45) is 0 Å². The van der Waals surface area contributed by atoms with Gasteiger partial charge in [-0.15, -0.1) is 11.8 Å². The van der Waals surface area contributed by atoms with E-state index >= 15 is 0 Å². The van der Waals surface area contributed by atoms with Crippen LogP contribution in [0.25, 0.3) is 0 Å². The van der Waals surface area contributed by atoms with E-state index in [1.807, 2.05) is 31.2 Å². The fraction of sp³-hybridized carbons (Fsp3) is 0.417. The number of halogens is 1. The molecule has 2 unspecified atom stereocenters. The summed E-state index contributed by atoms with van der Waals surface area (Å²) in [5.41, 5.74) is 1.02. The topological polar surface area (TPSA) is 38.3 Å². The van der Waals surface area contributed by atoms with Crippen molar-refractivity contribution in [3.05, 3.63) is 34.9 Å². The molecule has 0 saturated carbocycles. The number of benzene rings is 1. The van der Waals surface area contributed by atoms with Gasteiger partial charge in [-0.2, -0.15) is 0 Å². The third kappa shape index (κ3) is 2.94. The van der Waals surface area contributed by atoms with Crippen molar-refractivity contribution in [3.63, 3.8) is 0 Å². The highest BCUT2D eigenvalue weighted by atomic mass is 35.5. The molecule has 0 aromatic heterocycles. The van der Waals surface area contributed by atoms with Crippen molar-refractivity contribution in [3.8, 4) is 0 Å². The number of rotatable bonds is 3. The molecule has 1 aromatic carbocycles. The summed E-state index contributed by atoms with van der Waals surface area (Å²) in [6.45, 7) is 2.23. The van der Waals surface area contributed by atoms with Crippen LogP contribution in [0, 0.1) is 0 Å². The number of esters is 1. The number of carbonyl (C=O) groups is 1. The summed E-state index contributed by atoms with van der Waals surface area (Å²) in [4.78, 5) is 11.6. The average molecular weight is 272 g/mol. The molecule has 1 N–H and O–H groups in total. The fourth-order valence-corrected chi connectivity index (χ4v) is 3.29. The first-order valence-electron chi connectivity index (χ1n) is 5.51. The average Bonchev–Trinajstić information content (AvgIpc) is 2.79. The van der Waals surface area contributed by atoms with Crippen molar-refractivity contribution in [2.45, 2.75) is 18.3 Å². The van der Waals surface area contributed by atoms with Crippen LogP contribution in [0.4, 0.5) is 0 Å². The van der Waals surface area contributed by atoms with E-state index in [1.165, 1.54) is 0 Å². The third-order valence-corrected chi connectivity index (χ3v) is 4.13. The molecule has 1 aliphatic rings. The molecule has 2 atom stereocenters. The molecule has 0 aliphatic carbocycles. The Bertz CT molecular complexity index is 413. The first-order chi connectivity index (χ1) is 8.22. The molecule has 1 aromatic rings. The van der Waals surface area contributed by atoms with Gasteiger partial charge in [0.15, 0.2) is 0 Å². The summed E-state index contributed by atoms with van der Waals surface area (Å²) < 4.78 is 4.99. The van der Waals surface area contributed by atoms with Gasteiger partial charge in [0.05, 0.1) is 12.0 Å². The minimum Gasteiger partial charge on any atom is -0.465 e. The standard InChI is InChI=1S/C12H14ClNO2S/c1-2-16-12(15)10-7-17-11(14-10)8-5-3-4-6-9(8)13/h3-6,10-11,14H,2,7H2,1H3. The Morgan fingerprint density at radius 1 is 1.59 bits per heavy atom. The molecule has 17 heavy (non-hydrogen) atoms. The maximum Gasteiger partial charge on any atom is 0.324 e. The third-order valence-electron chi connectivity index (χ3n) is 2.54. The predicted molar refractivity (Wildman–Crippen MR) is 70.2 cm³/mol. The molecule has 0 bridgehead atoms. The lowest BCUT2D eigenvalue weighted by atomic mass is 10.2. The second-order valence-corrected chi connectivity index (χ2v) is 5.25. The van der Waals surface area contributed by atoms with Crippen LogP contribution in [0.5, 0.6) is 0 Å². The summed E-state index contributed by atoms with van der Waals surface area (Å²) in [6, 6.07) is 7.44. The van der Waals surface area contributed by atoms with Gasteiger partial charge in [-0.05, 0) is 18.6 Å². The molecule has 1 heterocycles. The van der Waals surface area contributed by atoms with Crippen molar-refractivity contribution in [2.75, 3.05) is 12.4 Å². The monoisotopic (exact) mass is 271 g/mol. The van der Waals surface area contributed by atoms with Gasteiger partial charge in [-0.3, -0.25) is 10.1 Å². The Labute approximate surface area is 110 Å². The molecule has 1 saturated heterocycles. The van der Waals surface area contributed by atoms with E-state index < -0.39 is 0 Å². The largest absolute Gasteiger partial charge is 0.465 e. The van der Waals surface area contributed by atoms with E-state index in [2.05, 4.69) is 5.32 Å². The highest BCUT2D eigenvalue weighted by Gasteiger charge is 2.32. The quantitative estimate of drug-likeness (QED) is 0.858. The van der Waals surface area contributed by atoms with E-state index in [9.17, 15) is 4.79 Å². The number of thioether (sulfide) groups is 1. The molecular formula is C12H14ClNO2S. The van der Waals surface area contributed by atoms with E-state index in [0.717, 1.165) is 10.6 Å². The Morgan fingerprint density at radius 3 is 3.06 bits per heavy atom. The molecule has 0 spiro atoms. The van der Waals surface area contributed by atoms with E-state index in [0.29, 0.717) is 12.4 Å². The SMILES string of the molecule is CCOC(=O)C1CSC(c2ccccc2Cl)N1. The highest BCUT2D eigenvalue weighted by molar-refractivity contribution is 7.99. The molecule has 0 radical (unpaired) electrons. The lowest BCUT2D eigenvalue weighted by molar-refractivity contribution is -0.144.